The molecule has 2 N–H and O–H groups in total. The van der Waals surface area contributed by atoms with E-state index in [0.29, 0.717) is 5.92 Å². The fourth-order valence-electron chi connectivity index (χ4n) is 1.54. The zero-order chi connectivity index (χ0) is 8.55. The molecule has 0 radical (unpaired) electrons. The van der Waals surface area contributed by atoms with Gasteiger partial charge in [-0.1, -0.05) is 6.42 Å². The van der Waals surface area contributed by atoms with Crippen molar-refractivity contribution in [1.82, 2.24) is 0 Å². The molecule has 0 spiro atoms. The van der Waals surface area contributed by atoms with Gasteiger partial charge in [0.1, 0.15) is 5.76 Å². The summed E-state index contributed by atoms with van der Waals surface area (Å²) >= 11 is 3.27. The Morgan fingerprint density at radius 1 is 1.46 bits per heavy atom. The Labute approximate surface area is 92.4 Å². The third-order valence-electron chi connectivity index (χ3n) is 2.58. The summed E-state index contributed by atoms with van der Waals surface area (Å²) in [6.45, 7) is 0. The molecule has 0 bridgehead atoms. The Balaban J connectivity index is 0.000000845. The number of hydrogen-bond donors (Lipinski definition) is 1. The minimum absolute atomic E-state index is 0. The molecule has 1 aliphatic carbocycles. The standard InChI is InChI=1S/C9H12BrNO.ClH/c10-8-5-4-7(12-8)9(11)6-2-1-3-6;/h4-6,9H,1-3,11H2;1H/t9-;/m1./s1. The molecule has 0 amide bonds. The lowest BCUT2D eigenvalue weighted by molar-refractivity contribution is 0.239. The summed E-state index contributed by atoms with van der Waals surface area (Å²) in [5.41, 5.74) is 6.00. The van der Waals surface area contributed by atoms with Crippen LogP contribution >= 0.6 is 28.3 Å². The van der Waals surface area contributed by atoms with Gasteiger partial charge in [-0.25, -0.2) is 0 Å². The molecule has 0 unspecified atom stereocenters. The predicted molar refractivity (Wildman–Crippen MR) is 57.9 cm³/mol. The van der Waals surface area contributed by atoms with Crippen LogP contribution in [0.5, 0.6) is 0 Å². The van der Waals surface area contributed by atoms with E-state index in [-0.39, 0.29) is 18.4 Å². The predicted octanol–water partition coefficient (Wildman–Crippen LogP) is 3.26. The van der Waals surface area contributed by atoms with Crippen molar-refractivity contribution >= 4 is 28.3 Å². The second kappa shape index (κ2) is 4.49. The van der Waals surface area contributed by atoms with Gasteiger partial charge in [-0.05, 0) is 46.8 Å². The minimum atomic E-state index is 0. The fraction of sp³-hybridized carbons (Fsp3) is 0.556. The van der Waals surface area contributed by atoms with Crippen molar-refractivity contribution in [3.8, 4) is 0 Å². The molecule has 1 atom stereocenters. The van der Waals surface area contributed by atoms with E-state index in [1.807, 2.05) is 12.1 Å². The molecule has 2 rings (SSSR count). The summed E-state index contributed by atoms with van der Waals surface area (Å²) in [4.78, 5) is 0. The first-order valence-electron chi connectivity index (χ1n) is 4.28. The smallest absolute Gasteiger partial charge is 0.169 e. The van der Waals surface area contributed by atoms with E-state index in [4.69, 9.17) is 10.2 Å². The first-order valence-corrected chi connectivity index (χ1v) is 5.07. The van der Waals surface area contributed by atoms with Crippen molar-refractivity contribution < 1.29 is 4.42 Å². The van der Waals surface area contributed by atoms with E-state index < -0.39 is 0 Å². The van der Waals surface area contributed by atoms with Gasteiger partial charge in [-0.2, -0.15) is 0 Å². The zero-order valence-corrected chi connectivity index (χ0v) is 9.61. The minimum Gasteiger partial charge on any atom is -0.453 e. The molecule has 1 aliphatic rings. The van der Waals surface area contributed by atoms with Gasteiger partial charge >= 0.3 is 0 Å². The van der Waals surface area contributed by atoms with Crippen molar-refractivity contribution in [3.63, 3.8) is 0 Å². The first-order chi connectivity index (χ1) is 5.77. The van der Waals surface area contributed by atoms with Crippen LogP contribution in [0.15, 0.2) is 21.2 Å². The number of hydrogen-bond acceptors (Lipinski definition) is 2. The van der Waals surface area contributed by atoms with Crippen LogP contribution in [0.2, 0.25) is 0 Å². The van der Waals surface area contributed by atoms with Crippen molar-refractivity contribution in [3.05, 3.63) is 22.6 Å². The second-order valence-corrected chi connectivity index (χ2v) is 4.14. The largest absolute Gasteiger partial charge is 0.453 e. The average molecular weight is 267 g/mol. The maximum absolute atomic E-state index is 6.00. The van der Waals surface area contributed by atoms with Gasteiger partial charge in [0.2, 0.25) is 0 Å². The molecule has 4 heteroatoms. The molecule has 13 heavy (non-hydrogen) atoms. The molecular formula is C9H13BrClNO. The third kappa shape index (κ3) is 2.27. The summed E-state index contributed by atoms with van der Waals surface area (Å²) in [5, 5.41) is 0. The van der Waals surface area contributed by atoms with E-state index in [1.165, 1.54) is 19.3 Å². The van der Waals surface area contributed by atoms with Gasteiger partial charge in [-0.3, -0.25) is 0 Å². The van der Waals surface area contributed by atoms with Gasteiger partial charge in [0.05, 0.1) is 6.04 Å². The zero-order valence-electron chi connectivity index (χ0n) is 7.20. The maximum Gasteiger partial charge on any atom is 0.169 e. The first kappa shape index (κ1) is 11.1. The van der Waals surface area contributed by atoms with E-state index in [0.717, 1.165) is 10.4 Å². The van der Waals surface area contributed by atoms with E-state index in [1.54, 1.807) is 0 Å². The molecule has 0 aromatic carbocycles. The number of halogens is 2. The Hall–Kier alpha value is 0.01000. The van der Waals surface area contributed by atoms with Crippen molar-refractivity contribution in [2.45, 2.75) is 25.3 Å². The van der Waals surface area contributed by atoms with Gasteiger partial charge in [0.15, 0.2) is 4.67 Å². The lowest BCUT2D eigenvalue weighted by atomic mass is 9.79. The molecule has 1 heterocycles. The Kier molecular flexibility index (Phi) is 3.83. The Bertz CT molecular complexity index is 272. The molecule has 1 saturated carbocycles. The van der Waals surface area contributed by atoms with Gasteiger partial charge in [0, 0.05) is 0 Å². The van der Waals surface area contributed by atoms with E-state index in [9.17, 15) is 0 Å². The lowest BCUT2D eigenvalue weighted by Gasteiger charge is -2.29. The maximum atomic E-state index is 6.00. The number of nitrogens with two attached hydrogens (primary N) is 1. The van der Waals surface area contributed by atoms with Crippen molar-refractivity contribution in [1.29, 1.82) is 0 Å². The summed E-state index contributed by atoms with van der Waals surface area (Å²) < 4.78 is 6.16. The quantitative estimate of drug-likeness (QED) is 0.892. The Morgan fingerprint density at radius 3 is 2.54 bits per heavy atom. The van der Waals surface area contributed by atoms with Gasteiger partial charge in [-0.15, -0.1) is 12.4 Å². The topological polar surface area (TPSA) is 39.2 Å². The van der Waals surface area contributed by atoms with Crippen LogP contribution in [0, 0.1) is 5.92 Å². The highest BCUT2D eigenvalue weighted by Gasteiger charge is 2.27. The van der Waals surface area contributed by atoms with Gasteiger partial charge < -0.3 is 10.2 Å². The number of furan rings is 1. The van der Waals surface area contributed by atoms with E-state index in [2.05, 4.69) is 15.9 Å². The van der Waals surface area contributed by atoms with Crippen LogP contribution in [0.1, 0.15) is 31.1 Å². The molecule has 1 aromatic rings. The summed E-state index contributed by atoms with van der Waals surface area (Å²) in [5.74, 6) is 1.55. The highest BCUT2D eigenvalue weighted by atomic mass is 79.9. The molecule has 1 aromatic heterocycles. The van der Waals surface area contributed by atoms with Crippen LogP contribution in [-0.2, 0) is 0 Å². The average Bonchev–Trinajstić information content (AvgIpc) is 2.31. The monoisotopic (exact) mass is 265 g/mol. The fourth-order valence-corrected chi connectivity index (χ4v) is 1.86. The lowest BCUT2D eigenvalue weighted by Crippen LogP contribution is -2.26. The SMILES string of the molecule is Cl.N[C@@H](c1ccc(Br)o1)C1CCC1. The molecule has 74 valence electrons. The molecule has 2 nitrogen and oxygen atoms in total. The normalized spacial score (nSPS) is 18.9. The van der Waals surface area contributed by atoms with Crippen LogP contribution in [-0.4, -0.2) is 0 Å². The molecule has 0 saturated heterocycles. The van der Waals surface area contributed by atoms with Crippen LogP contribution in [0.4, 0.5) is 0 Å². The van der Waals surface area contributed by atoms with Crippen molar-refractivity contribution in [2.24, 2.45) is 11.7 Å². The highest BCUT2D eigenvalue weighted by Crippen LogP contribution is 2.36. The van der Waals surface area contributed by atoms with Crippen LogP contribution in [0.3, 0.4) is 0 Å². The van der Waals surface area contributed by atoms with Crippen molar-refractivity contribution in [2.75, 3.05) is 0 Å². The van der Waals surface area contributed by atoms with Crippen LogP contribution < -0.4 is 5.73 Å². The Morgan fingerprint density at radius 2 is 2.15 bits per heavy atom. The molecular weight excluding hydrogens is 253 g/mol. The summed E-state index contributed by atoms with van der Waals surface area (Å²) in [6.07, 6.45) is 3.82. The summed E-state index contributed by atoms with van der Waals surface area (Å²) in [6, 6.07) is 3.95. The van der Waals surface area contributed by atoms with Gasteiger partial charge in [0.25, 0.3) is 0 Å². The third-order valence-corrected chi connectivity index (χ3v) is 3.01. The van der Waals surface area contributed by atoms with Crippen LogP contribution in [0.25, 0.3) is 0 Å². The molecule has 1 fully saturated rings. The summed E-state index contributed by atoms with van der Waals surface area (Å²) in [7, 11) is 0. The van der Waals surface area contributed by atoms with E-state index >= 15 is 0 Å². The molecule has 0 aliphatic heterocycles. The second-order valence-electron chi connectivity index (χ2n) is 3.36. The number of rotatable bonds is 2. The highest BCUT2D eigenvalue weighted by molar-refractivity contribution is 9.10.